The van der Waals surface area contributed by atoms with Gasteiger partial charge in [-0.3, -0.25) is 0 Å². The third-order valence-corrected chi connectivity index (χ3v) is 2.53. The molecule has 2 aromatic rings. The van der Waals surface area contributed by atoms with Crippen molar-refractivity contribution < 1.29 is 4.52 Å². The highest BCUT2D eigenvalue weighted by Gasteiger charge is 2.02. The van der Waals surface area contributed by atoms with Gasteiger partial charge in [0, 0.05) is 30.9 Å². The molecule has 7 heteroatoms. The van der Waals surface area contributed by atoms with Crippen LogP contribution < -0.4 is 5.32 Å². The van der Waals surface area contributed by atoms with Crippen LogP contribution in [0.5, 0.6) is 0 Å². The van der Waals surface area contributed by atoms with Gasteiger partial charge in [0.15, 0.2) is 5.82 Å². The first kappa shape index (κ1) is 10.0. The van der Waals surface area contributed by atoms with Gasteiger partial charge in [0.05, 0.1) is 0 Å². The third-order valence-electron chi connectivity index (χ3n) is 1.82. The molecule has 2 aromatic heterocycles. The van der Waals surface area contributed by atoms with E-state index in [1.54, 1.807) is 0 Å². The van der Waals surface area contributed by atoms with Gasteiger partial charge in [0.25, 0.3) is 0 Å². The molecule has 0 aromatic carbocycles. The second-order valence-corrected chi connectivity index (χ2v) is 3.65. The fourth-order valence-corrected chi connectivity index (χ4v) is 1.73. The summed E-state index contributed by atoms with van der Waals surface area (Å²) in [7, 11) is 0. The maximum absolute atomic E-state index is 4.62. The zero-order valence-electron chi connectivity index (χ0n) is 8.30. The summed E-state index contributed by atoms with van der Waals surface area (Å²) < 4.78 is 8.79. The lowest BCUT2D eigenvalue weighted by Crippen LogP contribution is -2.05. The maximum Gasteiger partial charge on any atom is 0.213 e. The Balaban J connectivity index is 1.78. The van der Waals surface area contributed by atoms with E-state index in [1.807, 2.05) is 6.92 Å². The van der Waals surface area contributed by atoms with Crippen molar-refractivity contribution in [3.63, 3.8) is 0 Å². The van der Waals surface area contributed by atoms with Crippen LogP contribution in [0.25, 0.3) is 0 Å². The SMILES string of the molecule is CCc1nsc(NCCc2ncon2)n1. The predicted molar refractivity (Wildman–Crippen MR) is 55.8 cm³/mol. The molecular weight excluding hydrogens is 214 g/mol. The fraction of sp³-hybridized carbons (Fsp3) is 0.500. The van der Waals surface area contributed by atoms with Crippen molar-refractivity contribution in [2.45, 2.75) is 19.8 Å². The topological polar surface area (TPSA) is 76.7 Å². The van der Waals surface area contributed by atoms with Crippen LogP contribution in [-0.2, 0) is 12.8 Å². The van der Waals surface area contributed by atoms with Gasteiger partial charge in [-0.25, -0.2) is 4.98 Å². The van der Waals surface area contributed by atoms with Crippen LogP contribution >= 0.6 is 11.5 Å². The van der Waals surface area contributed by atoms with Crippen LogP contribution in [0, 0.1) is 0 Å². The number of hydrogen-bond donors (Lipinski definition) is 1. The van der Waals surface area contributed by atoms with Gasteiger partial charge in [-0.1, -0.05) is 12.1 Å². The van der Waals surface area contributed by atoms with Crippen LogP contribution in [0.4, 0.5) is 5.13 Å². The smallest absolute Gasteiger partial charge is 0.213 e. The van der Waals surface area contributed by atoms with E-state index in [9.17, 15) is 0 Å². The van der Waals surface area contributed by atoms with Crippen LogP contribution in [0.2, 0.25) is 0 Å². The van der Waals surface area contributed by atoms with Crippen LogP contribution in [-0.4, -0.2) is 26.0 Å². The van der Waals surface area contributed by atoms with Gasteiger partial charge in [0.2, 0.25) is 11.5 Å². The largest absolute Gasteiger partial charge is 0.360 e. The first-order valence-electron chi connectivity index (χ1n) is 4.70. The number of nitrogens with zero attached hydrogens (tertiary/aromatic N) is 4. The molecule has 0 aliphatic carbocycles. The van der Waals surface area contributed by atoms with E-state index < -0.39 is 0 Å². The average Bonchev–Trinajstić information content (AvgIpc) is 2.88. The molecule has 15 heavy (non-hydrogen) atoms. The van der Waals surface area contributed by atoms with Crippen molar-refractivity contribution in [1.82, 2.24) is 19.5 Å². The Bertz CT molecular complexity index is 399. The van der Waals surface area contributed by atoms with E-state index >= 15 is 0 Å². The zero-order chi connectivity index (χ0) is 10.5. The van der Waals surface area contributed by atoms with E-state index in [2.05, 4.69) is 29.3 Å². The van der Waals surface area contributed by atoms with E-state index in [-0.39, 0.29) is 0 Å². The normalized spacial score (nSPS) is 10.5. The first-order valence-corrected chi connectivity index (χ1v) is 5.47. The van der Waals surface area contributed by atoms with Crippen LogP contribution in [0.3, 0.4) is 0 Å². The first-order chi connectivity index (χ1) is 7.38. The highest BCUT2D eigenvalue weighted by Crippen LogP contribution is 2.10. The summed E-state index contributed by atoms with van der Waals surface area (Å²) >= 11 is 1.37. The molecule has 0 saturated heterocycles. The molecule has 0 fully saturated rings. The molecule has 0 spiro atoms. The molecule has 0 unspecified atom stereocenters. The Kier molecular flexibility index (Phi) is 3.23. The molecule has 80 valence electrons. The Morgan fingerprint density at radius 2 is 2.40 bits per heavy atom. The summed E-state index contributed by atoms with van der Waals surface area (Å²) in [6.45, 7) is 2.77. The van der Waals surface area contributed by atoms with Crippen molar-refractivity contribution in [2.75, 3.05) is 11.9 Å². The lowest BCUT2D eigenvalue weighted by atomic mass is 10.4. The molecular formula is C8H11N5OS. The number of anilines is 1. The molecule has 0 aliphatic heterocycles. The van der Waals surface area contributed by atoms with Crippen LogP contribution in [0.15, 0.2) is 10.9 Å². The minimum absolute atomic E-state index is 0.697. The Morgan fingerprint density at radius 3 is 3.07 bits per heavy atom. The van der Waals surface area contributed by atoms with Crippen molar-refractivity contribution in [3.05, 3.63) is 18.0 Å². The molecule has 2 rings (SSSR count). The molecule has 0 radical (unpaired) electrons. The van der Waals surface area contributed by atoms with E-state index in [0.29, 0.717) is 5.82 Å². The lowest BCUT2D eigenvalue weighted by Gasteiger charge is -1.97. The molecule has 0 amide bonds. The van der Waals surface area contributed by atoms with Crippen molar-refractivity contribution in [1.29, 1.82) is 0 Å². The summed E-state index contributed by atoms with van der Waals surface area (Å²) in [5.41, 5.74) is 0. The summed E-state index contributed by atoms with van der Waals surface area (Å²) in [5, 5.41) is 7.71. The summed E-state index contributed by atoms with van der Waals surface area (Å²) in [6, 6.07) is 0. The second kappa shape index (κ2) is 4.83. The number of hydrogen-bond acceptors (Lipinski definition) is 7. The van der Waals surface area contributed by atoms with Gasteiger partial charge in [0.1, 0.15) is 5.82 Å². The summed E-state index contributed by atoms with van der Waals surface area (Å²) in [4.78, 5) is 8.20. The fourth-order valence-electron chi connectivity index (χ4n) is 1.05. The highest BCUT2D eigenvalue weighted by molar-refractivity contribution is 7.09. The zero-order valence-corrected chi connectivity index (χ0v) is 9.12. The Labute approximate surface area is 90.9 Å². The molecule has 0 aliphatic rings. The van der Waals surface area contributed by atoms with Crippen LogP contribution in [0.1, 0.15) is 18.6 Å². The van der Waals surface area contributed by atoms with E-state index in [4.69, 9.17) is 0 Å². The molecule has 0 atom stereocenters. The monoisotopic (exact) mass is 225 g/mol. The number of nitrogens with one attached hydrogen (secondary N) is 1. The van der Waals surface area contributed by atoms with Crippen molar-refractivity contribution in [2.24, 2.45) is 0 Å². The lowest BCUT2D eigenvalue weighted by molar-refractivity contribution is 0.410. The average molecular weight is 225 g/mol. The van der Waals surface area contributed by atoms with Crippen molar-refractivity contribution >= 4 is 16.7 Å². The standard InChI is InChI=1S/C8H11N5OS/c1-2-6-11-8(15-13-6)9-4-3-7-10-5-14-12-7/h5H,2-4H2,1H3,(H,9,11,13). The number of aromatic nitrogens is 4. The quantitative estimate of drug-likeness (QED) is 0.822. The van der Waals surface area contributed by atoms with E-state index in [0.717, 1.165) is 30.3 Å². The van der Waals surface area contributed by atoms with Gasteiger partial charge in [-0.15, -0.1) is 0 Å². The molecule has 0 bridgehead atoms. The Hall–Kier alpha value is -1.50. The molecule has 6 nitrogen and oxygen atoms in total. The second-order valence-electron chi connectivity index (χ2n) is 2.89. The highest BCUT2D eigenvalue weighted by atomic mass is 32.1. The maximum atomic E-state index is 4.62. The minimum Gasteiger partial charge on any atom is -0.360 e. The van der Waals surface area contributed by atoms with Gasteiger partial charge in [-0.05, 0) is 0 Å². The Morgan fingerprint density at radius 1 is 1.47 bits per heavy atom. The van der Waals surface area contributed by atoms with Gasteiger partial charge >= 0.3 is 0 Å². The minimum atomic E-state index is 0.697. The predicted octanol–water partition coefficient (Wildman–Crippen LogP) is 1.14. The summed E-state index contributed by atoms with van der Waals surface area (Å²) in [6.07, 6.45) is 2.91. The molecule has 1 N–H and O–H groups in total. The summed E-state index contributed by atoms with van der Waals surface area (Å²) in [5.74, 6) is 1.57. The molecule has 0 saturated carbocycles. The molecule has 2 heterocycles. The number of rotatable bonds is 5. The van der Waals surface area contributed by atoms with Gasteiger partial charge < -0.3 is 9.84 Å². The van der Waals surface area contributed by atoms with E-state index in [1.165, 1.54) is 17.9 Å². The van der Waals surface area contributed by atoms with Crippen molar-refractivity contribution in [3.8, 4) is 0 Å². The third kappa shape index (κ3) is 2.72. The van der Waals surface area contributed by atoms with Gasteiger partial charge in [-0.2, -0.15) is 9.36 Å². The number of aryl methyl sites for hydroxylation is 1.